The second kappa shape index (κ2) is 6.88. The fourth-order valence-electron chi connectivity index (χ4n) is 3.26. The predicted molar refractivity (Wildman–Crippen MR) is 78.8 cm³/mol. The molecule has 0 aromatic carbocycles. The molecule has 0 saturated heterocycles. The van der Waals surface area contributed by atoms with Crippen LogP contribution in [-0.2, 0) is 0 Å². The molecule has 0 radical (unpaired) electrons. The van der Waals surface area contributed by atoms with Gasteiger partial charge >= 0.3 is 0 Å². The Hall–Kier alpha value is -1.12. The van der Waals surface area contributed by atoms with E-state index in [1.807, 2.05) is 0 Å². The van der Waals surface area contributed by atoms with Gasteiger partial charge in [-0.1, -0.05) is 36.5 Å². The number of hydrogen-bond acceptors (Lipinski definition) is 2. The lowest BCUT2D eigenvalue weighted by Gasteiger charge is -2.36. The van der Waals surface area contributed by atoms with E-state index < -0.39 is 0 Å². The average Bonchev–Trinajstić information content (AvgIpc) is 3.12. The second-order valence-corrected chi connectivity index (χ2v) is 5.33. The van der Waals surface area contributed by atoms with E-state index in [2.05, 4.69) is 36.5 Å². The smallest absolute Gasteiger partial charge is 0.0431 e. The molecule has 0 bridgehead atoms. The first-order chi connectivity index (χ1) is 9.33. The van der Waals surface area contributed by atoms with Crippen molar-refractivity contribution in [1.29, 1.82) is 0 Å². The van der Waals surface area contributed by atoms with Crippen LogP contribution < -0.4 is 0 Å². The van der Waals surface area contributed by atoms with Crippen molar-refractivity contribution >= 4 is 0 Å². The lowest BCUT2D eigenvalue weighted by Crippen LogP contribution is -2.25. The molecule has 0 atom stereocenters. The third kappa shape index (κ3) is 3.07. The molecule has 2 N–H and O–H groups in total. The Morgan fingerprint density at radius 1 is 0.842 bits per heavy atom. The quantitative estimate of drug-likeness (QED) is 0.703. The molecule has 0 fully saturated rings. The zero-order valence-electron chi connectivity index (χ0n) is 11.5. The molecule has 2 aliphatic rings. The van der Waals surface area contributed by atoms with Gasteiger partial charge in [-0.05, 0) is 49.7 Å². The lowest BCUT2D eigenvalue weighted by molar-refractivity contribution is 0.231. The summed E-state index contributed by atoms with van der Waals surface area (Å²) in [6.07, 6.45) is 19.0. The van der Waals surface area contributed by atoms with E-state index in [4.69, 9.17) is 0 Å². The topological polar surface area (TPSA) is 40.5 Å². The molecular weight excluding hydrogens is 236 g/mol. The van der Waals surface area contributed by atoms with Gasteiger partial charge in [-0.2, -0.15) is 0 Å². The highest BCUT2D eigenvalue weighted by Gasteiger charge is 2.36. The van der Waals surface area contributed by atoms with Crippen molar-refractivity contribution in [3.05, 3.63) is 47.6 Å². The van der Waals surface area contributed by atoms with E-state index in [1.165, 1.54) is 11.1 Å². The minimum absolute atomic E-state index is 0.00847. The summed E-state index contributed by atoms with van der Waals surface area (Å²) in [6, 6.07) is 0. The molecule has 0 aromatic heterocycles. The molecular formula is C17H24O2. The summed E-state index contributed by atoms with van der Waals surface area (Å²) in [5.41, 5.74) is 2.73. The molecule has 0 aromatic rings. The first-order valence-electron chi connectivity index (χ1n) is 7.29. The molecule has 0 amide bonds. The normalized spacial score (nSPS) is 18.0. The Morgan fingerprint density at radius 2 is 1.32 bits per heavy atom. The van der Waals surface area contributed by atoms with Gasteiger partial charge in [0, 0.05) is 18.6 Å². The summed E-state index contributed by atoms with van der Waals surface area (Å²) in [5.74, 6) is 0. The lowest BCUT2D eigenvalue weighted by atomic mass is 9.68. The van der Waals surface area contributed by atoms with Gasteiger partial charge < -0.3 is 10.2 Å². The van der Waals surface area contributed by atoms with Crippen molar-refractivity contribution in [3.8, 4) is 0 Å². The van der Waals surface area contributed by atoms with Crippen molar-refractivity contribution in [2.75, 3.05) is 13.2 Å². The zero-order chi connectivity index (χ0) is 13.6. The van der Waals surface area contributed by atoms with Crippen LogP contribution in [0, 0.1) is 5.41 Å². The molecule has 0 heterocycles. The minimum atomic E-state index is -0.00847. The highest BCUT2D eigenvalue weighted by atomic mass is 16.3. The summed E-state index contributed by atoms with van der Waals surface area (Å²) >= 11 is 0. The van der Waals surface area contributed by atoms with Gasteiger partial charge in [0.15, 0.2) is 0 Å². The maximum atomic E-state index is 9.22. The molecule has 19 heavy (non-hydrogen) atoms. The maximum Gasteiger partial charge on any atom is 0.0431 e. The first kappa shape index (κ1) is 14.3. The number of allylic oxidation sites excluding steroid dienone is 8. The maximum absolute atomic E-state index is 9.22. The molecule has 2 heteroatoms. The van der Waals surface area contributed by atoms with Gasteiger partial charge in [-0.15, -0.1) is 0 Å². The average molecular weight is 260 g/mol. The number of aliphatic hydroxyl groups is 2. The number of hydrogen-bond donors (Lipinski definition) is 2. The summed E-state index contributed by atoms with van der Waals surface area (Å²) in [4.78, 5) is 0. The SMILES string of the molecule is OCCCC(CCCO)(C1=CCC=C1)C1=CCC=C1. The van der Waals surface area contributed by atoms with E-state index >= 15 is 0 Å². The predicted octanol–water partition coefficient (Wildman–Crippen LogP) is 3.29. The molecule has 2 nitrogen and oxygen atoms in total. The van der Waals surface area contributed by atoms with Crippen molar-refractivity contribution in [2.24, 2.45) is 5.41 Å². The van der Waals surface area contributed by atoms with E-state index in [1.54, 1.807) is 0 Å². The standard InChI is InChI=1S/C17H24O2/c18-13-5-11-17(12-6-14-19,15-7-1-2-8-15)16-9-3-4-10-16/h1,3,7-10,18-19H,2,4-6,11-14H2. The molecule has 0 unspecified atom stereocenters. The van der Waals surface area contributed by atoms with Crippen LogP contribution in [-0.4, -0.2) is 23.4 Å². The van der Waals surface area contributed by atoms with E-state index in [0.717, 1.165) is 38.5 Å². The molecule has 2 rings (SSSR count). The molecule has 0 saturated carbocycles. The van der Waals surface area contributed by atoms with E-state index in [9.17, 15) is 10.2 Å². The van der Waals surface area contributed by atoms with E-state index in [0.29, 0.717) is 0 Å². The van der Waals surface area contributed by atoms with Crippen LogP contribution in [0.5, 0.6) is 0 Å². The van der Waals surface area contributed by atoms with Gasteiger partial charge in [0.2, 0.25) is 0 Å². The van der Waals surface area contributed by atoms with Crippen LogP contribution >= 0.6 is 0 Å². The Morgan fingerprint density at radius 3 is 1.63 bits per heavy atom. The Balaban J connectivity index is 2.31. The highest BCUT2D eigenvalue weighted by molar-refractivity contribution is 5.46. The molecule has 0 aliphatic heterocycles. The van der Waals surface area contributed by atoms with Crippen molar-refractivity contribution in [3.63, 3.8) is 0 Å². The molecule has 2 aliphatic carbocycles. The van der Waals surface area contributed by atoms with Gasteiger partial charge in [0.05, 0.1) is 0 Å². The summed E-state index contributed by atoms with van der Waals surface area (Å²) in [6.45, 7) is 0.462. The first-order valence-corrected chi connectivity index (χ1v) is 7.29. The van der Waals surface area contributed by atoms with Crippen LogP contribution in [0.2, 0.25) is 0 Å². The molecule has 104 valence electrons. The van der Waals surface area contributed by atoms with Crippen molar-refractivity contribution in [2.45, 2.75) is 38.5 Å². The monoisotopic (exact) mass is 260 g/mol. The molecule has 0 spiro atoms. The Bertz CT molecular complexity index is 373. The van der Waals surface area contributed by atoms with Crippen molar-refractivity contribution in [1.82, 2.24) is 0 Å². The zero-order valence-corrected chi connectivity index (χ0v) is 11.5. The Kier molecular flexibility index (Phi) is 5.17. The minimum Gasteiger partial charge on any atom is -0.396 e. The fourth-order valence-corrected chi connectivity index (χ4v) is 3.26. The van der Waals surface area contributed by atoms with Crippen LogP contribution in [0.15, 0.2) is 47.6 Å². The van der Waals surface area contributed by atoms with Gasteiger partial charge in [-0.25, -0.2) is 0 Å². The summed E-state index contributed by atoms with van der Waals surface area (Å²) in [5, 5.41) is 18.4. The second-order valence-electron chi connectivity index (χ2n) is 5.33. The fraction of sp³-hybridized carbons (Fsp3) is 0.529. The Labute approximate surface area is 115 Å². The van der Waals surface area contributed by atoms with Crippen molar-refractivity contribution < 1.29 is 10.2 Å². The number of rotatable bonds is 8. The van der Waals surface area contributed by atoms with Crippen LogP contribution in [0.25, 0.3) is 0 Å². The largest absolute Gasteiger partial charge is 0.396 e. The van der Waals surface area contributed by atoms with Crippen LogP contribution in [0.1, 0.15) is 38.5 Å². The third-order valence-electron chi connectivity index (χ3n) is 4.17. The van der Waals surface area contributed by atoms with E-state index in [-0.39, 0.29) is 18.6 Å². The van der Waals surface area contributed by atoms with Gasteiger partial charge in [-0.3, -0.25) is 0 Å². The third-order valence-corrected chi connectivity index (χ3v) is 4.17. The summed E-state index contributed by atoms with van der Waals surface area (Å²) in [7, 11) is 0. The summed E-state index contributed by atoms with van der Waals surface area (Å²) < 4.78 is 0. The van der Waals surface area contributed by atoms with Gasteiger partial charge in [0.25, 0.3) is 0 Å². The van der Waals surface area contributed by atoms with Crippen LogP contribution in [0.3, 0.4) is 0 Å². The highest BCUT2D eigenvalue weighted by Crippen LogP contribution is 2.48. The van der Waals surface area contributed by atoms with Gasteiger partial charge in [0.1, 0.15) is 0 Å². The number of aliphatic hydroxyl groups excluding tert-OH is 2. The van der Waals surface area contributed by atoms with Crippen LogP contribution in [0.4, 0.5) is 0 Å².